The van der Waals surface area contributed by atoms with Gasteiger partial charge in [0.25, 0.3) is 0 Å². The van der Waals surface area contributed by atoms with Crippen LogP contribution in [0.5, 0.6) is 0 Å². The number of rotatable bonds is 1. The zero-order valence-corrected chi connectivity index (χ0v) is 12.6. The number of pyridine rings is 1. The standard InChI is InChI=1S/C17H23N3/c1-5-12-15(18)16-14(19-12)9-10-8-11(17(2,3)4)6-7-13(10)20-16/h5,9,11,19H,1,6-8,18H2,2-4H3. The molecule has 1 atom stereocenters. The predicted octanol–water partition coefficient (Wildman–Crippen LogP) is 3.94. The molecule has 2 aromatic heterocycles. The van der Waals surface area contributed by atoms with Gasteiger partial charge in [-0.15, -0.1) is 0 Å². The summed E-state index contributed by atoms with van der Waals surface area (Å²) in [7, 11) is 0. The van der Waals surface area contributed by atoms with Crippen LogP contribution in [0.25, 0.3) is 17.1 Å². The Kier molecular flexibility index (Phi) is 2.89. The Bertz CT molecular complexity index is 674. The van der Waals surface area contributed by atoms with Gasteiger partial charge in [-0.1, -0.05) is 27.4 Å². The summed E-state index contributed by atoms with van der Waals surface area (Å²) in [6.07, 6.45) is 5.15. The molecule has 0 spiro atoms. The molecule has 0 saturated carbocycles. The van der Waals surface area contributed by atoms with Crippen molar-refractivity contribution in [3.8, 4) is 0 Å². The zero-order chi connectivity index (χ0) is 14.5. The summed E-state index contributed by atoms with van der Waals surface area (Å²) < 4.78 is 0. The molecule has 0 radical (unpaired) electrons. The Morgan fingerprint density at radius 3 is 2.85 bits per heavy atom. The van der Waals surface area contributed by atoms with Gasteiger partial charge in [0, 0.05) is 5.69 Å². The van der Waals surface area contributed by atoms with Crippen LogP contribution < -0.4 is 5.73 Å². The molecule has 0 aromatic carbocycles. The molecule has 106 valence electrons. The molecular formula is C17H23N3. The highest BCUT2D eigenvalue weighted by molar-refractivity contribution is 5.93. The van der Waals surface area contributed by atoms with E-state index >= 15 is 0 Å². The number of H-pyrrole nitrogens is 1. The fourth-order valence-corrected chi connectivity index (χ4v) is 3.21. The molecule has 3 nitrogen and oxygen atoms in total. The number of hydrogen-bond donors (Lipinski definition) is 2. The highest BCUT2D eigenvalue weighted by Gasteiger charge is 2.29. The van der Waals surface area contributed by atoms with E-state index in [0.29, 0.717) is 5.41 Å². The topological polar surface area (TPSA) is 54.7 Å². The number of nitrogens with two attached hydrogens (primary N) is 1. The molecule has 3 N–H and O–H groups in total. The van der Waals surface area contributed by atoms with Crippen LogP contribution in [0.2, 0.25) is 0 Å². The van der Waals surface area contributed by atoms with Crippen LogP contribution >= 0.6 is 0 Å². The number of aromatic amines is 1. The van der Waals surface area contributed by atoms with E-state index in [1.54, 1.807) is 6.08 Å². The predicted molar refractivity (Wildman–Crippen MR) is 85.6 cm³/mol. The van der Waals surface area contributed by atoms with Crippen molar-refractivity contribution in [1.29, 1.82) is 0 Å². The van der Waals surface area contributed by atoms with Crippen molar-refractivity contribution >= 4 is 22.8 Å². The summed E-state index contributed by atoms with van der Waals surface area (Å²) in [5.41, 5.74) is 12.6. The molecular weight excluding hydrogens is 246 g/mol. The number of nitrogens with zero attached hydrogens (tertiary/aromatic N) is 1. The smallest absolute Gasteiger partial charge is 0.112 e. The second-order valence-electron chi connectivity index (χ2n) is 6.95. The highest BCUT2D eigenvalue weighted by Crippen LogP contribution is 2.38. The first-order valence-corrected chi connectivity index (χ1v) is 7.32. The lowest BCUT2D eigenvalue weighted by Crippen LogP contribution is -2.27. The molecule has 2 heterocycles. The Hall–Kier alpha value is -1.77. The Labute approximate surface area is 120 Å². The first-order valence-electron chi connectivity index (χ1n) is 7.32. The zero-order valence-electron chi connectivity index (χ0n) is 12.6. The number of fused-ring (bicyclic) bond motifs is 2. The Morgan fingerprint density at radius 1 is 1.45 bits per heavy atom. The molecule has 1 aliphatic carbocycles. The maximum Gasteiger partial charge on any atom is 0.112 e. The van der Waals surface area contributed by atoms with Gasteiger partial charge in [0.2, 0.25) is 0 Å². The van der Waals surface area contributed by atoms with Crippen molar-refractivity contribution in [3.05, 3.63) is 29.6 Å². The number of nitrogen functional groups attached to an aromatic ring is 1. The Balaban J connectivity index is 2.07. The van der Waals surface area contributed by atoms with Gasteiger partial charge in [-0.25, -0.2) is 4.98 Å². The first-order chi connectivity index (χ1) is 9.40. The molecule has 1 aliphatic rings. The minimum absolute atomic E-state index is 0.355. The van der Waals surface area contributed by atoms with Gasteiger partial charge in [0.15, 0.2) is 0 Å². The summed E-state index contributed by atoms with van der Waals surface area (Å²) >= 11 is 0. The van der Waals surface area contributed by atoms with E-state index in [1.807, 2.05) is 0 Å². The van der Waals surface area contributed by atoms with Crippen LogP contribution in [0.1, 0.15) is 44.1 Å². The van der Waals surface area contributed by atoms with Crippen molar-refractivity contribution in [2.24, 2.45) is 11.3 Å². The second kappa shape index (κ2) is 4.37. The molecule has 0 saturated heterocycles. The van der Waals surface area contributed by atoms with Gasteiger partial charge in [0.1, 0.15) is 5.52 Å². The molecule has 0 fully saturated rings. The van der Waals surface area contributed by atoms with Gasteiger partial charge < -0.3 is 10.7 Å². The van der Waals surface area contributed by atoms with Gasteiger partial charge in [-0.2, -0.15) is 0 Å². The number of anilines is 1. The average molecular weight is 269 g/mol. The number of hydrogen-bond acceptors (Lipinski definition) is 2. The molecule has 0 amide bonds. The van der Waals surface area contributed by atoms with Crippen LogP contribution in [0.4, 0.5) is 5.69 Å². The fraction of sp³-hybridized carbons (Fsp3) is 0.471. The van der Waals surface area contributed by atoms with E-state index in [4.69, 9.17) is 10.7 Å². The Morgan fingerprint density at radius 2 is 2.20 bits per heavy atom. The van der Waals surface area contributed by atoms with E-state index in [-0.39, 0.29) is 0 Å². The number of aromatic nitrogens is 2. The molecule has 2 aromatic rings. The maximum atomic E-state index is 6.11. The van der Waals surface area contributed by atoms with Crippen LogP contribution in [0.15, 0.2) is 12.6 Å². The van der Waals surface area contributed by atoms with Crippen LogP contribution in [0, 0.1) is 11.3 Å². The second-order valence-corrected chi connectivity index (χ2v) is 6.95. The minimum atomic E-state index is 0.355. The third kappa shape index (κ3) is 2.01. The first kappa shape index (κ1) is 13.2. The summed E-state index contributed by atoms with van der Waals surface area (Å²) in [6.45, 7) is 10.8. The monoisotopic (exact) mass is 269 g/mol. The van der Waals surface area contributed by atoms with Crippen LogP contribution in [-0.4, -0.2) is 9.97 Å². The normalized spacial score (nSPS) is 19.1. The lowest BCUT2D eigenvalue weighted by molar-refractivity contribution is 0.215. The van der Waals surface area contributed by atoms with Crippen molar-refractivity contribution in [2.75, 3.05) is 5.73 Å². The van der Waals surface area contributed by atoms with Gasteiger partial charge in [-0.05, 0) is 48.3 Å². The average Bonchev–Trinajstić information content (AvgIpc) is 2.71. The highest BCUT2D eigenvalue weighted by atomic mass is 14.9. The van der Waals surface area contributed by atoms with Crippen molar-refractivity contribution < 1.29 is 0 Å². The third-order valence-corrected chi connectivity index (χ3v) is 4.63. The maximum absolute atomic E-state index is 6.11. The molecule has 1 unspecified atom stereocenters. The summed E-state index contributed by atoms with van der Waals surface area (Å²) in [5.74, 6) is 0.723. The lowest BCUT2D eigenvalue weighted by atomic mass is 9.71. The fourth-order valence-electron chi connectivity index (χ4n) is 3.21. The van der Waals surface area contributed by atoms with E-state index in [1.165, 1.54) is 17.7 Å². The lowest BCUT2D eigenvalue weighted by Gasteiger charge is -2.34. The van der Waals surface area contributed by atoms with E-state index in [0.717, 1.165) is 41.2 Å². The van der Waals surface area contributed by atoms with Crippen molar-refractivity contribution in [3.63, 3.8) is 0 Å². The molecule has 3 heteroatoms. The summed E-state index contributed by atoms with van der Waals surface area (Å²) in [4.78, 5) is 8.11. The van der Waals surface area contributed by atoms with Gasteiger partial charge in [-0.3, -0.25) is 0 Å². The third-order valence-electron chi connectivity index (χ3n) is 4.63. The number of aryl methyl sites for hydroxylation is 1. The molecule has 0 aliphatic heterocycles. The van der Waals surface area contributed by atoms with Crippen LogP contribution in [-0.2, 0) is 12.8 Å². The van der Waals surface area contributed by atoms with E-state index in [9.17, 15) is 0 Å². The van der Waals surface area contributed by atoms with Gasteiger partial charge in [0.05, 0.1) is 16.9 Å². The molecule has 20 heavy (non-hydrogen) atoms. The SMILES string of the molecule is C=Cc1[nH]c2cc3c(nc2c1N)CCC(C(C)(C)C)C3. The largest absolute Gasteiger partial charge is 0.395 e. The van der Waals surface area contributed by atoms with Crippen molar-refractivity contribution in [1.82, 2.24) is 9.97 Å². The molecule has 0 bridgehead atoms. The summed E-state index contributed by atoms with van der Waals surface area (Å²) in [6, 6.07) is 2.24. The number of nitrogens with one attached hydrogen (secondary N) is 1. The quantitative estimate of drug-likeness (QED) is 0.824. The summed E-state index contributed by atoms with van der Waals surface area (Å²) in [5, 5.41) is 0. The van der Waals surface area contributed by atoms with Crippen LogP contribution in [0.3, 0.4) is 0 Å². The minimum Gasteiger partial charge on any atom is -0.395 e. The van der Waals surface area contributed by atoms with Crippen molar-refractivity contribution in [2.45, 2.75) is 40.0 Å². The molecule has 3 rings (SSSR count). The van der Waals surface area contributed by atoms with E-state index < -0.39 is 0 Å². The van der Waals surface area contributed by atoms with Gasteiger partial charge >= 0.3 is 0 Å². The van der Waals surface area contributed by atoms with E-state index in [2.05, 4.69) is 38.4 Å².